The third-order valence-electron chi connectivity index (χ3n) is 5.14. The van der Waals surface area contributed by atoms with Crippen molar-refractivity contribution < 1.29 is 4.79 Å². The van der Waals surface area contributed by atoms with E-state index >= 15 is 0 Å². The molecule has 1 amide bonds. The molecule has 4 rings (SSSR count). The maximum absolute atomic E-state index is 12.6. The molecular weight excluding hydrogens is 340 g/mol. The summed E-state index contributed by atoms with van der Waals surface area (Å²) in [6.07, 6.45) is 4.68. The van der Waals surface area contributed by atoms with E-state index in [2.05, 4.69) is 50.7 Å². The highest BCUT2D eigenvalue weighted by Gasteiger charge is 2.23. The first-order valence-electron chi connectivity index (χ1n) is 9.42. The lowest BCUT2D eigenvalue weighted by molar-refractivity contribution is -0.130. The number of aromatic nitrogens is 4. The van der Waals surface area contributed by atoms with Crippen LogP contribution < -0.4 is 5.32 Å². The average Bonchev–Trinajstić information content (AvgIpc) is 3.15. The number of hydrogen-bond acceptors (Lipinski definition) is 5. The van der Waals surface area contributed by atoms with Crippen LogP contribution in [0.2, 0.25) is 0 Å². The summed E-state index contributed by atoms with van der Waals surface area (Å²) in [4.78, 5) is 23.0. The summed E-state index contributed by atoms with van der Waals surface area (Å²) in [5.74, 6) is 2.05. The minimum absolute atomic E-state index is 0.121. The molecule has 1 aliphatic heterocycles. The zero-order valence-corrected chi connectivity index (χ0v) is 15.5. The zero-order valence-electron chi connectivity index (χ0n) is 15.5. The Kier molecular flexibility index (Phi) is 5.00. The summed E-state index contributed by atoms with van der Waals surface area (Å²) in [6.45, 7) is 3.80. The Labute approximate surface area is 158 Å². The molecule has 0 bridgehead atoms. The molecule has 1 aliphatic rings. The molecule has 3 heterocycles. The van der Waals surface area contributed by atoms with Gasteiger partial charge in [-0.3, -0.25) is 4.79 Å². The highest BCUT2D eigenvalue weighted by Crippen LogP contribution is 2.21. The molecule has 1 fully saturated rings. The van der Waals surface area contributed by atoms with E-state index in [0.717, 1.165) is 43.9 Å². The number of aryl methyl sites for hydroxylation is 1. The first-order chi connectivity index (χ1) is 13.2. The third kappa shape index (κ3) is 4.07. The van der Waals surface area contributed by atoms with Gasteiger partial charge in [-0.2, -0.15) is 14.6 Å². The van der Waals surface area contributed by atoms with E-state index in [1.54, 1.807) is 4.52 Å². The van der Waals surface area contributed by atoms with Crippen molar-refractivity contribution in [3.05, 3.63) is 54.0 Å². The van der Waals surface area contributed by atoms with E-state index in [9.17, 15) is 4.79 Å². The summed E-state index contributed by atoms with van der Waals surface area (Å²) in [7, 11) is 0. The van der Waals surface area contributed by atoms with Crippen LogP contribution in [0.4, 0.5) is 5.82 Å². The molecule has 0 aliphatic carbocycles. The number of nitrogens with zero attached hydrogens (tertiary/aromatic N) is 5. The number of carbonyl (C=O) groups is 1. The number of hydrogen-bond donors (Lipinski definition) is 1. The molecular formula is C20H24N6O. The zero-order chi connectivity index (χ0) is 18.6. The van der Waals surface area contributed by atoms with Crippen LogP contribution in [0.5, 0.6) is 0 Å². The molecule has 1 aromatic carbocycles. The van der Waals surface area contributed by atoms with Gasteiger partial charge in [0, 0.05) is 24.8 Å². The second-order valence-electron chi connectivity index (χ2n) is 7.12. The molecule has 0 unspecified atom stereocenters. The van der Waals surface area contributed by atoms with Crippen molar-refractivity contribution in [2.75, 3.05) is 25.0 Å². The number of rotatable bonds is 5. The third-order valence-corrected chi connectivity index (χ3v) is 5.14. The molecule has 3 aromatic rings. The number of likely N-dealkylation sites (tertiary alicyclic amines) is 1. The first-order valence-corrected chi connectivity index (χ1v) is 9.42. The fourth-order valence-electron chi connectivity index (χ4n) is 3.67. The normalized spacial score (nSPS) is 15.2. The Morgan fingerprint density at radius 2 is 2.00 bits per heavy atom. The van der Waals surface area contributed by atoms with E-state index in [1.165, 1.54) is 11.9 Å². The van der Waals surface area contributed by atoms with Gasteiger partial charge in [-0.1, -0.05) is 30.3 Å². The van der Waals surface area contributed by atoms with Gasteiger partial charge in [0.15, 0.2) is 0 Å². The van der Waals surface area contributed by atoms with Gasteiger partial charge in [-0.05, 0) is 37.7 Å². The Hall–Kier alpha value is -2.96. The van der Waals surface area contributed by atoms with Gasteiger partial charge in [0.05, 0.1) is 6.54 Å². The molecule has 0 spiro atoms. The number of fused-ring (bicyclic) bond motifs is 1. The molecule has 0 radical (unpaired) electrons. The van der Waals surface area contributed by atoms with Crippen molar-refractivity contribution in [1.82, 2.24) is 24.5 Å². The van der Waals surface area contributed by atoms with E-state index < -0.39 is 0 Å². The van der Waals surface area contributed by atoms with Crippen molar-refractivity contribution in [3.63, 3.8) is 0 Å². The summed E-state index contributed by atoms with van der Waals surface area (Å²) in [5.41, 5.74) is 2.22. The van der Waals surface area contributed by atoms with E-state index in [-0.39, 0.29) is 12.5 Å². The number of amides is 1. The monoisotopic (exact) mass is 364 g/mol. The molecule has 7 nitrogen and oxygen atoms in total. The Morgan fingerprint density at radius 1 is 1.22 bits per heavy atom. The fourth-order valence-corrected chi connectivity index (χ4v) is 3.67. The lowest BCUT2D eigenvalue weighted by atomic mass is 9.90. The first kappa shape index (κ1) is 17.5. The van der Waals surface area contributed by atoms with Gasteiger partial charge in [-0.15, -0.1) is 0 Å². The molecule has 7 heteroatoms. The lowest BCUT2D eigenvalue weighted by Crippen LogP contribution is -2.41. The quantitative estimate of drug-likeness (QED) is 0.752. The van der Waals surface area contributed by atoms with Gasteiger partial charge in [0.2, 0.25) is 5.91 Å². The molecule has 27 heavy (non-hydrogen) atoms. The van der Waals surface area contributed by atoms with Crippen molar-refractivity contribution in [1.29, 1.82) is 0 Å². The maximum atomic E-state index is 12.6. The Morgan fingerprint density at radius 3 is 2.78 bits per heavy atom. The molecule has 1 N–H and O–H groups in total. The molecule has 140 valence electrons. The van der Waals surface area contributed by atoms with Crippen molar-refractivity contribution in [2.45, 2.75) is 26.2 Å². The van der Waals surface area contributed by atoms with Crippen LogP contribution in [0, 0.1) is 12.8 Å². The van der Waals surface area contributed by atoms with Crippen LogP contribution in [0.25, 0.3) is 5.78 Å². The lowest BCUT2D eigenvalue weighted by Gasteiger charge is -2.32. The van der Waals surface area contributed by atoms with E-state index in [1.807, 2.05) is 17.9 Å². The van der Waals surface area contributed by atoms with Gasteiger partial charge in [-0.25, -0.2) is 4.98 Å². The summed E-state index contributed by atoms with van der Waals surface area (Å²) in [5, 5.41) is 7.35. The summed E-state index contributed by atoms with van der Waals surface area (Å²) >= 11 is 0. The SMILES string of the molecule is Cc1cc(NCC(=O)N2CCC(Cc3ccccc3)CC2)n2ncnc2n1. The van der Waals surface area contributed by atoms with Crippen LogP contribution in [0.1, 0.15) is 24.1 Å². The van der Waals surface area contributed by atoms with Crippen LogP contribution in [-0.2, 0) is 11.2 Å². The topological polar surface area (TPSA) is 75.4 Å². The Balaban J connectivity index is 1.30. The standard InChI is InChI=1S/C20H24N6O/c1-15-11-18(26-20(24-15)22-14-23-26)21-13-19(27)25-9-7-17(8-10-25)12-16-5-3-2-4-6-16/h2-6,11,14,17,21H,7-10,12-13H2,1H3. The van der Waals surface area contributed by atoms with Crippen LogP contribution in [0.3, 0.4) is 0 Å². The molecule has 1 saturated heterocycles. The van der Waals surface area contributed by atoms with Crippen LogP contribution in [-0.4, -0.2) is 50.0 Å². The van der Waals surface area contributed by atoms with Gasteiger partial charge < -0.3 is 10.2 Å². The molecule has 0 saturated carbocycles. The maximum Gasteiger partial charge on any atom is 0.254 e. The summed E-state index contributed by atoms with van der Waals surface area (Å²) < 4.78 is 1.62. The predicted molar refractivity (Wildman–Crippen MR) is 103 cm³/mol. The van der Waals surface area contributed by atoms with Gasteiger partial charge >= 0.3 is 0 Å². The second kappa shape index (κ2) is 7.73. The Bertz CT molecular complexity index is 915. The molecule has 0 atom stereocenters. The minimum Gasteiger partial charge on any atom is -0.361 e. The second-order valence-corrected chi connectivity index (χ2v) is 7.12. The number of carbonyl (C=O) groups excluding carboxylic acids is 1. The average molecular weight is 364 g/mol. The highest BCUT2D eigenvalue weighted by atomic mass is 16.2. The largest absolute Gasteiger partial charge is 0.361 e. The summed E-state index contributed by atoms with van der Waals surface area (Å²) in [6, 6.07) is 12.5. The van der Waals surface area contributed by atoms with Gasteiger partial charge in [0.25, 0.3) is 5.78 Å². The predicted octanol–water partition coefficient (Wildman–Crippen LogP) is 2.33. The van der Waals surface area contributed by atoms with Crippen molar-refractivity contribution in [2.24, 2.45) is 5.92 Å². The van der Waals surface area contributed by atoms with Crippen LogP contribution >= 0.6 is 0 Å². The number of benzene rings is 1. The number of anilines is 1. The minimum atomic E-state index is 0.121. The molecule has 2 aromatic heterocycles. The fraction of sp³-hybridized carbons (Fsp3) is 0.400. The number of piperidine rings is 1. The van der Waals surface area contributed by atoms with Crippen molar-refractivity contribution >= 4 is 17.5 Å². The van der Waals surface area contributed by atoms with Crippen LogP contribution in [0.15, 0.2) is 42.7 Å². The highest BCUT2D eigenvalue weighted by molar-refractivity contribution is 5.80. The van der Waals surface area contributed by atoms with Gasteiger partial charge in [0.1, 0.15) is 12.1 Å². The van der Waals surface area contributed by atoms with E-state index in [0.29, 0.717) is 11.7 Å². The smallest absolute Gasteiger partial charge is 0.254 e. The van der Waals surface area contributed by atoms with E-state index in [4.69, 9.17) is 0 Å². The number of nitrogens with one attached hydrogen (secondary N) is 1. The van der Waals surface area contributed by atoms with Crippen molar-refractivity contribution in [3.8, 4) is 0 Å².